The van der Waals surface area contributed by atoms with Crippen molar-refractivity contribution >= 4 is 24.6 Å². The summed E-state index contributed by atoms with van der Waals surface area (Å²) >= 11 is 3.94. The number of carbonyl (C=O) groups is 2. The van der Waals surface area contributed by atoms with E-state index in [2.05, 4.69) is 12.6 Å². The molecule has 0 saturated heterocycles. The van der Waals surface area contributed by atoms with E-state index >= 15 is 0 Å². The van der Waals surface area contributed by atoms with E-state index in [1.54, 1.807) is 0 Å². The van der Waals surface area contributed by atoms with Gasteiger partial charge >= 0.3 is 11.9 Å². The minimum absolute atomic E-state index is 0.152. The van der Waals surface area contributed by atoms with Gasteiger partial charge in [-0.2, -0.15) is 12.6 Å². The fourth-order valence-electron chi connectivity index (χ4n) is 2.18. The van der Waals surface area contributed by atoms with Gasteiger partial charge in [-0.3, -0.25) is 4.79 Å². The zero-order valence-electron chi connectivity index (χ0n) is 8.89. The number of ether oxygens (including phenoxy) is 1. The number of carboxylic acids is 2. The standard InChI is InChI=1S/C10H16O5S/c11-8(12)7-3-1-2-4-10(7,9(13)14)15-5-6-16/h7,16H,1-6H2,(H,11,12)(H,13,14). The second kappa shape index (κ2) is 5.54. The number of carboxylic acid groups (broad SMARTS) is 2. The van der Waals surface area contributed by atoms with Crippen molar-refractivity contribution in [3.8, 4) is 0 Å². The molecule has 0 aliphatic heterocycles. The summed E-state index contributed by atoms with van der Waals surface area (Å²) in [5.74, 6) is -2.86. The van der Waals surface area contributed by atoms with Crippen molar-refractivity contribution in [2.45, 2.75) is 31.3 Å². The SMILES string of the molecule is O=C(O)C1CCCCC1(OCCS)C(=O)O. The molecule has 1 rings (SSSR count). The molecule has 92 valence electrons. The molecule has 0 aromatic heterocycles. The van der Waals surface area contributed by atoms with Crippen molar-refractivity contribution in [2.75, 3.05) is 12.4 Å². The maximum Gasteiger partial charge on any atom is 0.336 e. The van der Waals surface area contributed by atoms with Gasteiger partial charge in [0.05, 0.1) is 12.5 Å². The number of rotatable bonds is 5. The van der Waals surface area contributed by atoms with Crippen LogP contribution in [0.1, 0.15) is 25.7 Å². The second-order valence-corrected chi connectivity index (χ2v) is 4.35. The zero-order valence-corrected chi connectivity index (χ0v) is 9.78. The van der Waals surface area contributed by atoms with Crippen LogP contribution >= 0.6 is 12.6 Å². The van der Waals surface area contributed by atoms with Crippen molar-refractivity contribution in [1.29, 1.82) is 0 Å². The lowest BCUT2D eigenvalue weighted by Crippen LogP contribution is -2.53. The molecule has 1 aliphatic rings. The number of aliphatic carboxylic acids is 2. The van der Waals surface area contributed by atoms with Crippen LogP contribution in [0.2, 0.25) is 0 Å². The minimum atomic E-state index is -1.56. The Bertz CT molecular complexity index is 280. The maximum absolute atomic E-state index is 11.3. The van der Waals surface area contributed by atoms with Crippen LogP contribution in [0.15, 0.2) is 0 Å². The third-order valence-corrected chi connectivity index (χ3v) is 3.15. The number of hydrogen-bond acceptors (Lipinski definition) is 4. The van der Waals surface area contributed by atoms with Crippen molar-refractivity contribution in [2.24, 2.45) is 5.92 Å². The third-order valence-electron chi connectivity index (χ3n) is 2.96. The molecule has 2 unspecified atom stereocenters. The van der Waals surface area contributed by atoms with Gasteiger partial charge in [0.2, 0.25) is 0 Å². The van der Waals surface area contributed by atoms with Crippen LogP contribution in [0, 0.1) is 5.92 Å². The van der Waals surface area contributed by atoms with Crippen LogP contribution in [0.3, 0.4) is 0 Å². The van der Waals surface area contributed by atoms with E-state index in [1.807, 2.05) is 0 Å². The van der Waals surface area contributed by atoms with Crippen LogP contribution in [0.25, 0.3) is 0 Å². The fourth-order valence-corrected chi connectivity index (χ4v) is 2.28. The Labute approximate surface area is 99.2 Å². The summed E-state index contributed by atoms with van der Waals surface area (Å²) in [6.07, 6.45) is 2.03. The Kier molecular flexibility index (Phi) is 4.61. The molecule has 0 heterocycles. The average molecular weight is 248 g/mol. The highest BCUT2D eigenvalue weighted by atomic mass is 32.1. The highest BCUT2D eigenvalue weighted by Crippen LogP contribution is 2.37. The van der Waals surface area contributed by atoms with Gasteiger partial charge in [0.1, 0.15) is 0 Å². The Morgan fingerprint density at radius 1 is 1.38 bits per heavy atom. The summed E-state index contributed by atoms with van der Waals surface area (Å²) in [5.41, 5.74) is -1.56. The Hall–Kier alpha value is -0.750. The maximum atomic E-state index is 11.3. The molecular weight excluding hydrogens is 232 g/mol. The Morgan fingerprint density at radius 2 is 2.06 bits per heavy atom. The summed E-state index contributed by atoms with van der Waals surface area (Å²) in [5, 5.41) is 18.3. The largest absolute Gasteiger partial charge is 0.481 e. The van der Waals surface area contributed by atoms with E-state index in [-0.39, 0.29) is 13.0 Å². The molecule has 0 aromatic rings. The molecule has 1 saturated carbocycles. The topological polar surface area (TPSA) is 83.8 Å². The molecule has 5 nitrogen and oxygen atoms in total. The first-order chi connectivity index (χ1) is 7.54. The lowest BCUT2D eigenvalue weighted by atomic mass is 9.75. The molecule has 1 fully saturated rings. The second-order valence-electron chi connectivity index (χ2n) is 3.90. The Balaban J connectivity index is 2.93. The van der Waals surface area contributed by atoms with E-state index in [1.165, 1.54) is 0 Å². The van der Waals surface area contributed by atoms with Gasteiger partial charge in [0, 0.05) is 5.75 Å². The summed E-state index contributed by atoms with van der Waals surface area (Å²) in [6.45, 7) is 0.152. The predicted octanol–water partition coefficient (Wildman–Crippen LogP) is 1.03. The summed E-state index contributed by atoms with van der Waals surface area (Å²) in [7, 11) is 0. The number of hydrogen-bond donors (Lipinski definition) is 3. The van der Waals surface area contributed by atoms with Crippen molar-refractivity contribution in [3.05, 3.63) is 0 Å². The minimum Gasteiger partial charge on any atom is -0.481 e. The summed E-state index contributed by atoms with van der Waals surface area (Å²) < 4.78 is 5.30. The van der Waals surface area contributed by atoms with Crippen LogP contribution in [0.5, 0.6) is 0 Å². The van der Waals surface area contributed by atoms with Crippen molar-refractivity contribution < 1.29 is 24.5 Å². The van der Waals surface area contributed by atoms with Gasteiger partial charge in [-0.05, 0) is 19.3 Å². The third kappa shape index (κ3) is 2.49. The highest BCUT2D eigenvalue weighted by molar-refractivity contribution is 7.80. The highest BCUT2D eigenvalue weighted by Gasteiger charge is 2.52. The van der Waals surface area contributed by atoms with Crippen LogP contribution in [-0.4, -0.2) is 40.1 Å². The average Bonchev–Trinajstić information content (AvgIpc) is 2.26. The lowest BCUT2D eigenvalue weighted by Gasteiger charge is -2.38. The van der Waals surface area contributed by atoms with Gasteiger partial charge in [-0.15, -0.1) is 0 Å². The van der Waals surface area contributed by atoms with Gasteiger partial charge in [0.25, 0.3) is 0 Å². The van der Waals surface area contributed by atoms with Gasteiger partial charge in [0.15, 0.2) is 5.60 Å². The summed E-state index contributed by atoms with van der Waals surface area (Å²) in [4.78, 5) is 22.4. The molecule has 0 aromatic carbocycles. The Morgan fingerprint density at radius 3 is 2.56 bits per heavy atom. The molecule has 6 heteroatoms. The van der Waals surface area contributed by atoms with Crippen LogP contribution < -0.4 is 0 Å². The van der Waals surface area contributed by atoms with Crippen molar-refractivity contribution in [3.63, 3.8) is 0 Å². The number of thiol groups is 1. The summed E-state index contributed by atoms with van der Waals surface area (Å²) in [6, 6.07) is 0. The first kappa shape index (κ1) is 13.3. The molecule has 0 amide bonds. The normalized spacial score (nSPS) is 29.9. The monoisotopic (exact) mass is 248 g/mol. The van der Waals surface area contributed by atoms with Gasteiger partial charge in [-0.1, -0.05) is 6.42 Å². The molecule has 2 N–H and O–H groups in total. The van der Waals surface area contributed by atoms with Crippen molar-refractivity contribution in [1.82, 2.24) is 0 Å². The lowest BCUT2D eigenvalue weighted by molar-refractivity contribution is -0.188. The predicted molar refractivity (Wildman–Crippen MR) is 59.8 cm³/mol. The van der Waals surface area contributed by atoms with E-state index < -0.39 is 23.5 Å². The van der Waals surface area contributed by atoms with Crippen LogP contribution in [-0.2, 0) is 14.3 Å². The quantitative estimate of drug-likeness (QED) is 0.633. The molecule has 1 aliphatic carbocycles. The molecule has 0 spiro atoms. The van der Waals surface area contributed by atoms with E-state index in [4.69, 9.17) is 9.84 Å². The smallest absolute Gasteiger partial charge is 0.336 e. The first-order valence-electron chi connectivity index (χ1n) is 5.25. The van der Waals surface area contributed by atoms with Gasteiger partial charge in [-0.25, -0.2) is 4.79 Å². The van der Waals surface area contributed by atoms with E-state index in [9.17, 15) is 14.7 Å². The van der Waals surface area contributed by atoms with Crippen LogP contribution in [0.4, 0.5) is 0 Å². The molecule has 0 bridgehead atoms. The molecule has 0 radical (unpaired) electrons. The molecular formula is C10H16O5S. The van der Waals surface area contributed by atoms with E-state index in [0.717, 1.165) is 6.42 Å². The fraction of sp³-hybridized carbons (Fsp3) is 0.800. The van der Waals surface area contributed by atoms with Gasteiger partial charge < -0.3 is 14.9 Å². The zero-order chi connectivity index (χ0) is 12.2. The molecule has 16 heavy (non-hydrogen) atoms. The molecule has 2 atom stereocenters. The first-order valence-corrected chi connectivity index (χ1v) is 5.89. The van der Waals surface area contributed by atoms with E-state index in [0.29, 0.717) is 18.6 Å².